The van der Waals surface area contributed by atoms with Gasteiger partial charge in [0, 0.05) is 40.6 Å². The number of thiol groups is 1. The molecule has 8 nitrogen and oxygen atoms in total. The molecule has 0 radical (unpaired) electrons. The Bertz CT molecular complexity index is 2280. The van der Waals surface area contributed by atoms with E-state index < -0.39 is 15.6 Å². The van der Waals surface area contributed by atoms with E-state index in [0.29, 0.717) is 23.2 Å². The van der Waals surface area contributed by atoms with Crippen LogP contribution in [0.3, 0.4) is 0 Å². The molecule has 0 spiro atoms. The van der Waals surface area contributed by atoms with Gasteiger partial charge in [-0.2, -0.15) is 21.6 Å². The summed E-state index contributed by atoms with van der Waals surface area (Å²) >= 11 is 10.4. The van der Waals surface area contributed by atoms with Crippen molar-refractivity contribution >= 4 is 51.7 Å². The first-order valence-corrected chi connectivity index (χ1v) is 18.4. The van der Waals surface area contributed by atoms with Gasteiger partial charge < -0.3 is 9.88 Å². The van der Waals surface area contributed by atoms with E-state index in [1.54, 1.807) is 4.57 Å². The van der Waals surface area contributed by atoms with Crippen molar-refractivity contribution < 1.29 is 30.9 Å². The van der Waals surface area contributed by atoms with E-state index in [4.69, 9.17) is 37.8 Å². The number of hydrogen-bond acceptors (Lipinski definition) is 7. The number of Topliss-reactive ketones (excluding diaryl/α,β-unsaturated/α-hetero) is 1. The monoisotopic (exact) mass is 755 g/mol. The first-order valence-electron chi connectivity index (χ1n) is 16.1. The van der Waals surface area contributed by atoms with Gasteiger partial charge in [-0.25, -0.2) is 0 Å². The zero-order valence-electron chi connectivity index (χ0n) is 27.8. The number of piperidine rings is 1. The smallest absolute Gasteiger partial charge is 0.332 e. The quantitative estimate of drug-likeness (QED) is 0.0504. The van der Waals surface area contributed by atoms with Gasteiger partial charge in [0.05, 0.1) is 10.9 Å². The van der Waals surface area contributed by atoms with Gasteiger partial charge in [0.1, 0.15) is 0 Å². The molecule has 4 aromatic carbocycles. The zero-order chi connectivity index (χ0) is 37.1. The summed E-state index contributed by atoms with van der Waals surface area (Å²) in [6.07, 6.45) is 1.54. The largest absolute Gasteiger partial charge is 0.522 e. The van der Waals surface area contributed by atoms with Crippen LogP contribution in [0.1, 0.15) is 34.3 Å². The summed E-state index contributed by atoms with van der Waals surface area (Å²) in [5.41, 5.74) is 2.30. The SMILES string of the molecule is Cc1ccc(-c2c(S)ccc(C(=O)C3CCN(CCn4c(=S)[nH]c5ccccc5c4=O)CC3)c2-c2ccc(C)cc2)cc1.O=S(=O)(O)C(F)(F)F. The molecule has 1 saturated heterocycles. The molecule has 0 aliphatic carbocycles. The minimum absolute atomic E-state index is 0.0648. The van der Waals surface area contributed by atoms with E-state index >= 15 is 0 Å². The van der Waals surface area contributed by atoms with Crippen molar-refractivity contribution in [3.05, 3.63) is 117 Å². The van der Waals surface area contributed by atoms with Crippen molar-refractivity contribution in [2.24, 2.45) is 5.92 Å². The first-order chi connectivity index (χ1) is 24.0. The second-order valence-electron chi connectivity index (χ2n) is 12.4. The Labute approximate surface area is 304 Å². The number of aryl methyl sites for hydroxylation is 2. The predicted octanol–water partition coefficient (Wildman–Crippen LogP) is 8.29. The lowest BCUT2D eigenvalue weighted by Crippen LogP contribution is -2.39. The molecule has 14 heteroatoms. The highest BCUT2D eigenvalue weighted by Crippen LogP contribution is 2.41. The number of ketones is 1. The van der Waals surface area contributed by atoms with Gasteiger partial charge in [-0.1, -0.05) is 71.8 Å². The van der Waals surface area contributed by atoms with Gasteiger partial charge >= 0.3 is 15.6 Å². The number of rotatable bonds is 7. The number of hydrogen-bond donors (Lipinski definition) is 3. The van der Waals surface area contributed by atoms with Crippen LogP contribution in [0.5, 0.6) is 0 Å². The normalized spacial score (nSPS) is 14.3. The molecule has 2 N–H and O–H groups in total. The van der Waals surface area contributed by atoms with E-state index in [9.17, 15) is 22.8 Å². The summed E-state index contributed by atoms with van der Waals surface area (Å²) < 4.78 is 59.6. The number of aromatic nitrogens is 2. The van der Waals surface area contributed by atoms with Gasteiger partial charge in [-0.15, -0.1) is 12.6 Å². The average molecular weight is 756 g/mol. The Balaban J connectivity index is 0.000000565. The van der Waals surface area contributed by atoms with E-state index in [1.165, 1.54) is 11.1 Å². The van der Waals surface area contributed by atoms with E-state index in [2.05, 4.69) is 72.3 Å². The molecule has 0 atom stereocenters. The Morgan fingerprint density at radius 3 is 1.96 bits per heavy atom. The number of carbonyl (C=O) groups is 1. The third-order valence-electron chi connectivity index (χ3n) is 8.91. The summed E-state index contributed by atoms with van der Waals surface area (Å²) in [6, 6.07) is 28.2. The molecule has 6 rings (SSSR count). The highest BCUT2D eigenvalue weighted by molar-refractivity contribution is 7.86. The van der Waals surface area contributed by atoms with Crippen LogP contribution in [0.15, 0.2) is 94.6 Å². The predicted molar refractivity (Wildman–Crippen MR) is 199 cm³/mol. The number of fused-ring (bicyclic) bond motifs is 1. The maximum Gasteiger partial charge on any atom is 0.522 e. The van der Waals surface area contributed by atoms with Crippen LogP contribution in [-0.2, 0) is 16.7 Å². The van der Waals surface area contributed by atoms with Gasteiger partial charge in [0.25, 0.3) is 5.56 Å². The summed E-state index contributed by atoms with van der Waals surface area (Å²) in [6.45, 7) is 6.96. The summed E-state index contributed by atoms with van der Waals surface area (Å²) in [7, 11) is -5.84. The van der Waals surface area contributed by atoms with Crippen LogP contribution >= 0.6 is 24.8 Å². The molecule has 1 aliphatic heterocycles. The van der Waals surface area contributed by atoms with Gasteiger partial charge in [0.2, 0.25) is 0 Å². The highest BCUT2D eigenvalue weighted by atomic mass is 32.2. The molecular formula is C37H36F3N3O5S3. The maximum atomic E-state index is 14.2. The summed E-state index contributed by atoms with van der Waals surface area (Å²) in [5.74, 6) is 0.119. The summed E-state index contributed by atoms with van der Waals surface area (Å²) in [5, 5.41) is 0.641. The minimum atomic E-state index is -5.84. The van der Waals surface area contributed by atoms with Gasteiger partial charge in [-0.05, 0) is 87.4 Å². The molecule has 0 amide bonds. The fourth-order valence-corrected chi connectivity index (χ4v) is 6.71. The number of aromatic amines is 1. The second-order valence-corrected chi connectivity index (χ2v) is 14.7. The number of carbonyl (C=O) groups excluding carboxylic acids is 1. The molecule has 0 unspecified atom stereocenters. The number of alkyl halides is 3. The molecule has 268 valence electrons. The van der Waals surface area contributed by atoms with E-state index in [0.717, 1.165) is 64.2 Å². The number of benzene rings is 4. The standard InChI is InChI=1S/C36H35N3O2S2.CHF3O3S/c1-23-7-11-25(12-8-23)32-29(15-16-31(42)33(32)26-13-9-24(2)10-14-26)34(40)27-17-19-38(20-18-27)21-22-39-35(41)28-5-3-4-6-30(28)37-36(39)43;2-1(3,4)8(5,6)7/h3-16,27,42H,17-22H2,1-2H3,(H,37,43);(H,5,6,7). The first kappa shape index (κ1) is 38.2. The van der Waals surface area contributed by atoms with Crippen LogP contribution in [0.25, 0.3) is 33.2 Å². The van der Waals surface area contributed by atoms with Crippen molar-refractivity contribution in [1.82, 2.24) is 14.5 Å². The van der Waals surface area contributed by atoms with Crippen LogP contribution in [0.2, 0.25) is 0 Å². The van der Waals surface area contributed by atoms with Crippen LogP contribution in [0, 0.1) is 24.5 Å². The number of nitrogens with one attached hydrogen (secondary N) is 1. The highest BCUT2D eigenvalue weighted by Gasteiger charge is 2.44. The lowest BCUT2D eigenvalue weighted by Gasteiger charge is -2.32. The maximum absolute atomic E-state index is 14.2. The fraction of sp³-hybridized carbons (Fsp3) is 0.270. The van der Waals surface area contributed by atoms with Crippen molar-refractivity contribution in [3.63, 3.8) is 0 Å². The Morgan fingerprint density at radius 1 is 0.882 bits per heavy atom. The third-order valence-corrected chi connectivity index (χ3v) is 10.2. The number of H-pyrrole nitrogens is 1. The molecule has 0 saturated carbocycles. The molecule has 0 bridgehead atoms. The minimum Gasteiger partial charge on any atom is -0.332 e. The van der Waals surface area contributed by atoms with Gasteiger partial charge in [0.15, 0.2) is 10.6 Å². The molecule has 1 aliphatic rings. The Hall–Kier alpha value is -4.08. The molecular weight excluding hydrogens is 720 g/mol. The Morgan fingerprint density at radius 2 is 1.41 bits per heavy atom. The van der Waals surface area contributed by atoms with Crippen molar-refractivity contribution in [2.75, 3.05) is 19.6 Å². The topological polar surface area (TPSA) is 112 Å². The zero-order valence-corrected chi connectivity index (χ0v) is 30.3. The van der Waals surface area contributed by atoms with E-state index in [-0.39, 0.29) is 17.3 Å². The average Bonchev–Trinajstić information content (AvgIpc) is 3.08. The lowest BCUT2D eigenvalue weighted by molar-refractivity contribution is -0.0510. The number of likely N-dealkylation sites (tertiary alicyclic amines) is 1. The fourth-order valence-electron chi connectivity index (χ4n) is 6.11. The molecule has 5 aromatic rings. The Kier molecular flexibility index (Phi) is 11.7. The molecule has 2 heterocycles. The van der Waals surface area contributed by atoms with Gasteiger partial charge in [-0.3, -0.25) is 18.7 Å². The summed E-state index contributed by atoms with van der Waals surface area (Å²) in [4.78, 5) is 33.6. The van der Waals surface area contributed by atoms with Crippen LogP contribution in [0.4, 0.5) is 13.2 Å². The third kappa shape index (κ3) is 8.87. The van der Waals surface area contributed by atoms with Crippen LogP contribution in [-0.4, -0.2) is 58.3 Å². The number of para-hydroxylation sites is 1. The lowest BCUT2D eigenvalue weighted by atomic mass is 9.82. The van der Waals surface area contributed by atoms with Crippen molar-refractivity contribution in [2.45, 2.75) is 43.6 Å². The van der Waals surface area contributed by atoms with E-state index in [1.807, 2.05) is 36.4 Å². The van der Waals surface area contributed by atoms with Crippen molar-refractivity contribution in [1.29, 1.82) is 0 Å². The van der Waals surface area contributed by atoms with Crippen LogP contribution < -0.4 is 5.56 Å². The second kappa shape index (κ2) is 15.7. The molecule has 1 aromatic heterocycles. The van der Waals surface area contributed by atoms with Crippen molar-refractivity contribution in [3.8, 4) is 22.3 Å². The molecule has 1 fully saturated rings. The molecule has 51 heavy (non-hydrogen) atoms. The number of halogens is 3. The number of nitrogens with zero attached hydrogens (tertiary/aromatic N) is 2.